The number of carbonyl (C=O) groups excluding carboxylic acids is 1. The smallest absolute Gasteiger partial charge is 0.330 e. The van der Waals surface area contributed by atoms with E-state index >= 15 is 0 Å². The van der Waals surface area contributed by atoms with Gasteiger partial charge >= 0.3 is 5.97 Å². The number of aryl methyl sites for hydroxylation is 1. The number of benzene rings is 2. The van der Waals surface area contributed by atoms with Crippen LogP contribution in [0.3, 0.4) is 0 Å². The molecule has 2 N–H and O–H groups in total. The van der Waals surface area contributed by atoms with E-state index in [0.717, 1.165) is 5.56 Å². The van der Waals surface area contributed by atoms with Crippen molar-refractivity contribution in [3.63, 3.8) is 0 Å². The van der Waals surface area contributed by atoms with Gasteiger partial charge < -0.3 is 10.4 Å². The van der Waals surface area contributed by atoms with Crippen LogP contribution in [-0.4, -0.2) is 17.0 Å². The molecular formula is C19H20FNO3. The number of aliphatic carboxylic acids is 1. The number of hydrogen-bond donors (Lipinski definition) is 2. The quantitative estimate of drug-likeness (QED) is 0.819. The molecule has 2 aromatic rings. The summed E-state index contributed by atoms with van der Waals surface area (Å²) in [5.41, 5.74) is 1.34. The summed E-state index contributed by atoms with van der Waals surface area (Å²) in [6.07, 6.45) is 1.06. The molecule has 0 heterocycles. The number of carbonyl (C=O) groups is 2. The summed E-state index contributed by atoms with van der Waals surface area (Å²) in [7, 11) is 0. The molecule has 126 valence electrons. The van der Waals surface area contributed by atoms with Gasteiger partial charge in [-0.15, -0.1) is 0 Å². The van der Waals surface area contributed by atoms with Crippen molar-refractivity contribution < 1.29 is 19.1 Å². The Labute approximate surface area is 140 Å². The highest BCUT2D eigenvalue weighted by atomic mass is 19.1. The van der Waals surface area contributed by atoms with E-state index in [1.54, 1.807) is 49.4 Å². The van der Waals surface area contributed by atoms with Crippen molar-refractivity contribution in [1.29, 1.82) is 0 Å². The predicted octanol–water partition coefficient (Wildman–Crippen LogP) is 3.34. The average Bonchev–Trinajstić information content (AvgIpc) is 2.58. The van der Waals surface area contributed by atoms with E-state index in [0.29, 0.717) is 18.4 Å². The van der Waals surface area contributed by atoms with Gasteiger partial charge in [-0.2, -0.15) is 0 Å². The summed E-state index contributed by atoms with van der Waals surface area (Å²) in [4.78, 5) is 23.7. The maximum atomic E-state index is 13.2. The molecule has 0 aliphatic carbocycles. The lowest BCUT2D eigenvalue weighted by Crippen LogP contribution is -2.37. The molecule has 24 heavy (non-hydrogen) atoms. The van der Waals surface area contributed by atoms with Gasteiger partial charge in [-0.3, -0.25) is 4.79 Å². The SMILES string of the molecule is CC(CCc1cccc(F)c1)C(=O)NC(C(=O)O)c1ccccc1. The molecule has 2 unspecified atom stereocenters. The second kappa shape index (κ2) is 8.24. The Morgan fingerprint density at radius 3 is 2.46 bits per heavy atom. The highest BCUT2D eigenvalue weighted by molar-refractivity contribution is 5.85. The first-order chi connectivity index (χ1) is 11.5. The molecule has 0 saturated heterocycles. The van der Waals surface area contributed by atoms with Crippen LogP contribution in [0, 0.1) is 11.7 Å². The van der Waals surface area contributed by atoms with E-state index in [1.165, 1.54) is 12.1 Å². The third-order valence-corrected chi connectivity index (χ3v) is 3.87. The number of nitrogens with one attached hydrogen (secondary N) is 1. The van der Waals surface area contributed by atoms with Crippen molar-refractivity contribution in [1.82, 2.24) is 5.32 Å². The third kappa shape index (κ3) is 4.91. The number of carboxylic acid groups (broad SMARTS) is 1. The van der Waals surface area contributed by atoms with Crippen LogP contribution >= 0.6 is 0 Å². The lowest BCUT2D eigenvalue weighted by molar-refractivity contribution is -0.142. The Balaban J connectivity index is 1.95. The topological polar surface area (TPSA) is 66.4 Å². The van der Waals surface area contributed by atoms with Crippen LogP contribution in [0.5, 0.6) is 0 Å². The zero-order valence-electron chi connectivity index (χ0n) is 13.4. The van der Waals surface area contributed by atoms with Crippen LogP contribution in [0.15, 0.2) is 54.6 Å². The van der Waals surface area contributed by atoms with Gasteiger partial charge in [0.25, 0.3) is 0 Å². The fraction of sp³-hybridized carbons (Fsp3) is 0.263. The van der Waals surface area contributed by atoms with Gasteiger partial charge in [-0.1, -0.05) is 49.4 Å². The summed E-state index contributed by atoms with van der Waals surface area (Å²) >= 11 is 0. The van der Waals surface area contributed by atoms with Crippen molar-refractivity contribution >= 4 is 11.9 Å². The highest BCUT2D eigenvalue weighted by Crippen LogP contribution is 2.16. The van der Waals surface area contributed by atoms with E-state index in [1.807, 2.05) is 0 Å². The van der Waals surface area contributed by atoms with Crippen LogP contribution in [0.1, 0.15) is 30.5 Å². The van der Waals surface area contributed by atoms with E-state index < -0.39 is 12.0 Å². The Kier molecular flexibility index (Phi) is 6.07. The van der Waals surface area contributed by atoms with Crippen LogP contribution in [0.25, 0.3) is 0 Å². The Bertz CT molecular complexity index is 703. The molecule has 2 atom stereocenters. The second-order valence-corrected chi connectivity index (χ2v) is 5.76. The molecule has 0 saturated carbocycles. The molecule has 0 aromatic heterocycles. The maximum Gasteiger partial charge on any atom is 0.330 e. The van der Waals surface area contributed by atoms with Crippen molar-refractivity contribution in [2.24, 2.45) is 5.92 Å². The summed E-state index contributed by atoms with van der Waals surface area (Å²) in [6, 6.07) is 13.7. The summed E-state index contributed by atoms with van der Waals surface area (Å²) in [5, 5.41) is 11.9. The maximum absolute atomic E-state index is 13.2. The first-order valence-corrected chi connectivity index (χ1v) is 7.80. The molecule has 2 rings (SSSR count). The first-order valence-electron chi connectivity index (χ1n) is 7.80. The number of hydrogen-bond acceptors (Lipinski definition) is 2. The molecule has 2 aromatic carbocycles. The molecule has 0 radical (unpaired) electrons. The summed E-state index contributed by atoms with van der Waals surface area (Å²) < 4.78 is 13.2. The van der Waals surface area contributed by atoms with Gasteiger partial charge in [-0.05, 0) is 36.1 Å². The molecule has 0 aliphatic rings. The zero-order valence-corrected chi connectivity index (χ0v) is 13.4. The van der Waals surface area contributed by atoms with E-state index in [2.05, 4.69) is 5.32 Å². The Morgan fingerprint density at radius 2 is 1.83 bits per heavy atom. The monoisotopic (exact) mass is 329 g/mol. The first kappa shape index (κ1) is 17.7. The van der Waals surface area contributed by atoms with Crippen LogP contribution in [-0.2, 0) is 16.0 Å². The number of carboxylic acids is 1. The lowest BCUT2D eigenvalue weighted by Gasteiger charge is -2.18. The van der Waals surface area contributed by atoms with Crippen LogP contribution in [0.2, 0.25) is 0 Å². The van der Waals surface area contributed by atoms with Crippen molar-refractivity contribution in [3.8, 4) is 0 Å². The van der Waals surface area contributed by atoms with Gasteiger partial charge in [0.05, 0.1) is 0 Å². The summed E-state index contributed by atoms with van der Waals surface area (Å²) in [5.74, 6) is -2.12. The fourth-order valence-electron chi connectivity index (χ4n) is 2.42. The molecule has 0 bridgehead atoms. The second-order valence-electron chi connectivity index (χ2n) is 5.76. The van der Waals surface area contributed by atoms with Crippen molar-refractivity contribution in [2.75, 3.05) is 0 Å². The van der Waals surface area contributed by atoms with E-state index in [9.17, 15) is 19.1 Å². The molecule has 4 nitrogen and oxygen atoms in total. The zero-order chi connectivity index (χ0) is 17.5. The number of rotatable bonds is 7. The van der Waals surface area contributed by atoms with Gasteiger partial charge in [0.1, 0.15) is 5.82 Å². The minimum absolute atomic E-state index is 0.306. The van der Waals surface area contributed by atoms with Gasteiger partial charge in [0, 0.05) is 5.92 Å². The van der Waals surface area contributed by atoms with E-state index in [4.69, 9.17) is 0 Å². The number of amides is 1. The molecule has 0 fully saturated rings. The Morgan fingerprint density at radius 1 is 1.12 bits per heavy atom. The van der Waals surface area contributed by atoms with Gasteiger partial charge in [0.2, 0.25) is 5.91 Å². The van der Waals surface area contributed by atoms with Gasteiger partial charge in [-0.25, -0.2) is 9.18 Å². The van der Waals surface area contributed by atoms with E-state index in [-0.39, 0.29) is 17.6 Å². The largest absolute Gasteiger partial charge is 0.479 e. The Hall–Kier alpha value is -2.69. The molecule has 1 amide bonds. The molecule has 5 heteroatoms. The van der Waals surface area contributed by atoms with Gasteiger partial charge in [0.15, 0.2) is 6.04 Å². The number of halogens is 1. The minimum atomic E-state index is -1.10. The highest BCUT2D eigenvalue weighted by Gasteiger charge is 2.24. The van der Waals surface area contributed by atoms with Crippen molar-refractivity contribution in [2.45, 2.75) is 25.8 Å². The van der Waals surface area contributed by atoms with Crippen LogP contribution in [0.4, 0.5) is 4.39 Å². The standard InChI is InChI=1S/C19H20FNO3/c1-13(10-11-14-6-5-9-16(20)12-14)18(22)21-17(19(23)24)15-7-3-2-4-8-15/h2-9,12-13,17H,10-11H2,1H3,(H,21,22)(H,23,24). The molecule has 0 aliphatic heterocycles. The summed E-state index contributed by atoms with van der Waals surface area (Å²) in [6.45, 7) is 1.73. The average molecular weight is 329 g/mol. The molecular weight excluding hydrogens is 309 g/mol. The third-order valence-electron chi connectivity index (χ3n) is 3.87. The fourth-order valence-corrected chi connectivity index (χ4v) is 2.42. The molecule has 0 spiro atoms. The predicted molar refractivity (Wildman–Crippen MR) is 88.8 cm³/mol. The van der Waals surface area contributed by atoms with Crippen LogP contribution < -0.4 is 5.32 Å². The lowest BCUT2D eigenvalue weighted by atomic mass is 9.99. The normalized spacial score (nSPS) is 13.1. The van der Waals surface area contributed by atoms with Crippen molar-refractivity contribution in [3.05, 3.63) is 71.5 Å². The minimum Gasteiger partial charge on any atom is -0.479 e.